The molecule has 1 atom stereocenters. The minimum Gasteiger partial charge on any atom is -0.336 e. The van der Waals surface area contributed by atoms with E-state index < -0.39 is 32.6 Å². The van der Waals surface area contributed by atoms with Crippen molar-refractivity contribution in [3.05, 3.63) is 82.9 Å². The molecule has 0 aliphatic rings. The number of nitrogens with zero attached hydrogens (tertiary/aromatic N) is 2. The normalized spacial score (nSPS) is 12.9. The van der Waals surface area contributed by atoms with E-state index in [1.54, 1.807) is 42.1 Å². The van der Waals surface area contributed by atoms with Crippen LogP contribution in [0.5, 0.6) is 0 Å². The smallest absolute Gasteiger partial charge is 0.244 e. The second-order valence-corrected chi connectivity index (χ2v) is 7.70. The van der Waals surface area contributed by atoms with Gasteiger partial charge in [0.25, 0.3) is 0 Å². The van der Waals surface area contributed by atoms with Gasteiger partial charge in [-0.3, -0.25) is 0 Å². The van der Waals surface area contributed by atoms with Crippen LogP contribution in [-0.4, -0.2) is 18.0 Å². The third-order valence-corrected chi connectivity index (χ3v) is 5.48. The van der Waals surface area contributed by atoms with Gasteiger partial charge in [0.15, 0.2) is 0 Å². The number of benzene rings is 2. The fourth-order valence-electron chi connectivity index (χ4n) is 2.49. The van der Waals surface area contributed by atoms with Crippen molar-refractivity contribution in [1.82, 2.24) is 14.3 Å². The first-order chi connectivity index (χ1) is 12.3. The lowest BCUT2D eigenvalue weighted by Crippen LogP contribution is -2.31. The van der Waals surface area contributed by atoms with E-state index in [1.165, 1.54) is 6.20 Å². The molecule has 9 heteroatoms. The Kier molecular flexibility index (Phi) is 5.08. The maximum absolute atomic E-state index is 14.0. The van der Waals surface area contributed by atoms with Crippen molar-refractivity contribution in [3.8, 4) is 0 Å². The number of rotatable bonds is 5. The summed E-state index contributed by atoms with van der Waals surface area (Å²) in [4.78, 5) is 3.53. The molecule has 5 nitrogen and oxygen atoms in total. The molecule has 0 saturated carbocycles. The van der Waals surface area contributed by atoms with Gasteiger partial charge in [-0.25, -0.2) is 22.2 Å². The molecule has 0 aliphatic heterocycles. The van der Waals surface area contributed by atoms with Crippen LogP contribution in [0.25, 0.3) is 0 Å². The van der Waals surface area contributed by atoms with E-state index in [2.05, 4.69) is 9.71 Å². The molecule has 136 valence electrons. The molecular formula is C17H14ClF2N3O2S. The maximum atomic E-state index is 14.0. The van der Waals surface area contributed by atoms with E-state index in [4.69, 9.17) is 11.6 Å². The van der Waals surface area contributed by atoms with Crippen LogP contribution in [0.15, 0.2) is 59.8 Å². The van der Waals surface area contributed by atoms with Gasteiger partial charge in [-0.1, -0.05) is 23.7 Å². The summed E-state index contributed by atoms with van der Waals surface area (Å²) < 4.78 is 56.5. The molecule has 0 radical (unpaired) electrons. The number of nitrogens with one attached hydrogen (secondary N) is 1. The highest BCUT2D eigenvalue weighted by Gasteiger charge is 2.27. The zero-order chi connectivity index (χ0) is 18.9. The number of hydrogen-bond acceptors (Lipinski definition) is 3. The van der Waals surface area contributed by atoms with E-state index >= 15 is 0 Å². The monoisotopic (exact) mass is 397 g/mol. The van der Waals surface area contributed by atoms with Crippen LogP contribution in [0.2, 0.25) is 5.02 Å². The molecule has 0 spiro atoms. The van der Waals surface area contributed by atoms with Crippen molar-refractivity contribution in [2.24, 2.45) is 7.05 Å². The Balaban J connectivity index is 2.05. The molecule has 3 rings (SSSR count). The van der Waals surface area contributed by atoms with Gasteiger partial charge in [-0.15, -0.1) is 0 Å². The number of imidazole rings is 1. The van der Waals surface area contributed by atoms with Gasteiger partial charge in [-0.2, -0.15) is 4.72 Å². The average Bonchev–Trinajstić information content (AvgIpc) is 2.99. The second-order valence-electron chi connectivity index (χ2n) is 5.58. The van der Waals surface area contributed by atoms with Crippen molar-refractivity contribution in [3.63, 3.8) is 0 Å². The second kappa shape index (κ2) is 7.14. The van der Waals surface area contributed by atoms with Crippen molar-refractivity contribution in [1.29, 1.82) is 0 Å². The van der Waals surface area contributed by atoms with Crippen LogP contribution >= 0.6 is 11.6 Å². The molecular weight excluding hydrogens is 384 g/mol. The Morgan fingerprint density at radius 2 is 1.85 bits per heavy atom. The molecule has 0 bridgehead atoms. The minimum absolute atomic E-state index is 0.401. The number of aryl methyl sites for hydroxylation is 1. The first-order valence-corrected chi connectivity index (χ1v) is 9.34. The molecule has 0 unspecified atom stereocenters. The van der Waals surface area contributed by atoms with Crippen LogP contribution in [0.4, 0.5) is 8.78 Å². The first kappa shape index (κ1) is 18.5. The SMILES string of the molecule is Cn1ccnc1[C@@H](NS(=O)(=O)c1ccc(F)cc1F)c1ccc(Cl)cc1. The number of sulfonamides is 1. The summed E-state index contributed by atoms with van der Waals surface area (Å²) in [5.41, 5.74) is 0.565. The van der Waals surface area contributed by atoms with Crippen LogP contribution in [0.1, 0.15) is 17.4 Å². The molecule has 2 aromatic carbocycles. The topological polar surface area (TPSA) is 64.0 Å². The Morgan fingerprint density at radius 1 is 1.15 bits per heavy atom. The number of hydrogen-bond donors (Lipinski definition) is 1. The minimum atomic E-state index is -4.29. The van der Waals surface area contributed by atoms with Gasteiger partial charge in [0, 0.05) is 30.5 Å². The fourth-order valence-corrected chi connectivity index (χ4v) is 3.86. The summed E-state index contributed by atoms with van der Waals surface area (Å²) in [5, 5.41) is 0.486. The van der Waals surface area contributed by atoms with Crippen LogP contribution in [-0.2, 0) is 17.1 Å². The Bertz CT molecular complexity index is 1040. The van der Waals surface area contributed by atoms with E-state index in [0.29, 0.717) is 22.5 Å². The average molecular weight is 398 g/mol. The zero-order valence-electron chi connectivity index (χ0n) is 13.5. The lowest BCUT2D eigenvalue weighted by molar-refractivity contribution is 0.535. The molecule has 0 fully saturated rings. The lowest BCUT2D eigenvalue weighted by atomic mass is 10.1. The van der Waals surface area contributed by atoms with E-state index in [1.807, 2.05) is 0 Å². The fraction of sp³-hybridized carbons (Fsp3) is 0.118. The van der Waals surface area contributed by atoms with Crippen molar-refractivity contribution in [2.75, 3.05) is 0 Å². The largest absolute Gasteiger partial charge is 0.336 e. The molecule has 0 aliphatic carbocycles. The van der Waals surface area contributed by atoms with Crippen molar-refractivity contribution >= 4 is 21.6 Å². The molecule has 1 N–H and O–H groups in total. The number of halogens is 3. The third-order valence-electron chi connectivity index (χ3n) is 3.78. The highest BCUT2D eigenvalue weighted by atomic mass is 35.5. The van der Waals surface area contributed by atoms with Crippen LogP contribution in [0.3, 0.4) is 0 Å². The molecule has 0 saturated heterocycles. The molecule has 3 aromatic rings. The van der Waals surface area contributed by atoms with Crippen molar-refractivity contribution in [2.45, 2.75) is 10.9 Å². The van der Waals surface area contributed by atoms with E-state index in [-0.39, 0.29) is 0 Å². The van der Waals surface area contributed by atoms with Gasteiger partial charge in [-0.05, 0) is 29.8 Å². The van der Waals surface area contributed by atoms with Gasteiger partial charge in [0.05, 0.1) is 0 Å². The van der Waals surface area contributed by atoms with Crippen LogP contribution in [0, 0.1) is 11.6 Å². The molecule has 1 aromatic heterocycles. The van der Waals surface area contributed by atoms with E-state index in [0.717, 1.165) is 12.1 Å². The van der Waals surface area contributed by atoms with E-state index in [9.17, 15) is 17.2 Å². The lowest BCUT2D eigenvalue weighted by Gasteiger charge is -2.19. The zero-order valence-corrected chi connectivity index (χ0v) is 15.1. The predicted octanol–water partition coefficient (Wildman–Crippen LogP) is 3.42. The van der Waals surface area contributed by atoms with Gasteiger partial charge >= 0.3 is 0 Å². The molecule has 26 heavy (non-hydrogen) atoms. The van der Waals surface area contributed by atoms with Gasteiger partial charge in [0.1, 0.15) is 28.4 Å². The van der Waals surface area contributed by atoms with Gasteiger partial charge < -0.3 is 4.57 Å². The standard InChI is InChI=1S/C17H14ClF2N3O2S/c1-23-9-8-21-17(23)16(11-2-4-12(18)5-3-11)22-26(24,25)15-7-6-13(19)10-14(15)20/h2-10,16,22H,1H3/t16-/m0/s1. The highest BCUT2D eigenvalue weighted by molar-refractivity contribution is 7.89. The summed E-state index contributed by atoms with van der Waals surface area (Å²) in [5.74, 6) is -1.63. The van der Waals surface area contributed by atoms with Gasteiger partial charge in [0.2, 0.25) is 10.0 Å². The Labute approximate surface area is 154 Å². The maximum Gasteiger partial charge on any atom is 0.244 e. The predicted molar refractivity (Wildman–Crippen MR) is 93.2 cm³/mol. The highest BCUT2D eigenvalue weighted by Crippen LogP contribution is 2.25. The summed E-state index contributed by atoms with van der Waals surface area (Å²) in [6, 6.07) is 7.91. The molecule has 0 amide bonds. The Hall–Kier alpha value is -2.29. The summed E-state index contributed by atoms with van der Waals surface area (Å²) in [6.07, 6.45) is 3.18. The Morgan fingerprint density at radius 3 is 2.42 bits per heavy atom. The van der Waals surface area contributed by atoms with Crippen LogP contribution < -0.4 is 4.72 Å². The van der Waals surface area contributed by atoms with Crippen molar-refractivity contribution < 1.29 is 17.2 Å². The summed E-state index contributed by atoms with van der Waals surface area (Å²) in [6.45, 7) is 0. The summed E-state index contributed by atoms with van der Waals surface area (Å²) in [7, 11) is -2.58. The first-order valence-electron chi connectivity index (χ1n) is 7.48. The molecule has 1 heterocycles. The number of aromatic nitrogens is 2. The quantitative estimate of drug-likeness (QED) is 0.717. The summed E-state index contributed by atoms with van der Waals surface area (Å²) >= 11 is 5.89. The third kappa shape index (κ3) is 3.77.